The van der Waals surface area contributed by atoms with Gasteiger partial charge in [0.15, 0.2) is 0 Å². The fraction of sp³-hybridized carbons (Fsp3) is 0.600. The molecule has 0 amide bonds. The summed E-state index contributed by atoms with van der Waals surface area (Å²) in [5.74, 6) is 0. The van der Waals surface area contributed by atoms with Crippen molar-refractivity contribution < 1.29 is 0 Å². The van der Waals surface area contributed by atoms with Gasteiger partial charge >= 0.3 is 0 Å². The van der Waals surface area contributed by atoms with E-state index in [0.29, 0.717) is 6.54 Å². The van der Waals surface area contributed by atoms with Crippen LogP contribution in [0.25, 0.3) is 0 Å². The Balaban J connectivity index is 1.79. The summed E-state index contributed by atoms with van der Waals surface area (Å²) in [6, 6.07) is 8.97. The van der Waals surface area contributed by atoms with Crippen molar-refractivity contribution in [2.75, 3.05) is 26.2 Å². The maximum Gasteiger partial charge on any atom is 0.0233 e. The summed E-state index contributed by atoms with van der Waals surface area (Å²) in [6.07, 6.45) is 4.13. The second-order valence-corrected chi connectivity index (χ2v) is 5.12. The largest absolute Gasteiger partial charge is 0.329 e. The van der Waals surface area contributed by atoms with Crippen LogP contribution in [0.1, 0.15) is 30.4 Å². The standard InChI is InChI=1S/C15H25N3/c16-8-9-17-12-14-4-6-15(7-5-14)13-18-10-2-1-3-11-18/h4-7,17H,1-3,8-13,16H2. The number of rotatable bonds is 6. The Morgan fingerprint density at radius 1 is 1.00 bits per heavy atom. The summed E-state index contributed by atoms with van der Waals surface area (Å²) in [6.45, 7) is 6.14. The average molecular weight is 247 g/mol. The van der Waals surface area contributed by atoms with Crippen molar-refractivity contribution in [1.29, 1.82) is 0 Å². The van der Waals surface area contributed by atoms with Gasteiger partial charge in [0, 0.05) is 26.2 Å². The molecule has 0 atom stereocenters. The van der Waals surface area contributed by atoms with E-state index in [1.165, 1.54) is 43.5 Å². The van der Waals surface area contributed by atoms with E-state index in [2.05, 4.69) is 34.5 Å². The van der Waals surface area contributed by atoms with Gasteiger partial charge in [-0.25, -0.2) is 0 Å². The van der Waals surface area contributed by atoms with Crippen LogP contribution in [0.3, 0.4) is 0 Å². The third-order valence-electron chi connectivity index (χ3n) is 3.53. The first-order chi connectivity index (χ1) is 8.88. The van der Waals surface area contributed by atoms with Crippen molar-refractivity contribution in [1.82, 2.24) is 10.2 Å². The number of piperidine rings is 1. The average Bonchev–Trinajstić information content (AvgIpc) is 2.42. The topological polar surface area (TPSA) is 41.3 Å². The number of hydrogen-bond donors (Lipinski definition) is 2. The molecular weight excluding hydrogens is 222 g/mol. The molecule has 1 aromatic rings. The van der Waals surface area contributed by atoms with E-state index in [1.807, 2.05) is 0 Å². The molecule has 1 heterocycles. The zero-order valence-corrected chi connectivity index (χ0v) is 11.2. The van der Waals surface area contributed by atoms with Gasteiger partial charge in [0.1, 0.15) is 0 Å². The second kappa shape index (κ2) is 7.52. The first-order valence-corrected chi connectivity index (χ1v) is 7.09. The number of hydrogen-bond acceptors (Lipinski definition) is 3. The molecule has 1 aromatic carbocycles. The SMILES string of the molecule is NCCNCc1ccc(CN2CCCCC2)cc1. The van der Waals surface area contributed by atoms with Crippen LogP contribution in [-0.4, -0.2) is 31.1 Å². The highest BCUT2D eigenvalue weighted by Crippen LogP contribution is 2.13. The first-order valence-electron chi connectivity index (χ1n) is 7.09. The van der Waals surface area contributed by atoms with Crippen LogP contribution < -0.4 is 11.1 Å². The molecule has 1 fully saturated rings. The molecule has 0 spiro atoms. The molecule has 0 bridgehead atoms. The normalized spacial score (nSPS) is 16.9. The molecule has 3 N–H and O–H groups in total. The van der Waals surface area contributed by atoms with E-state index in [4.69, 9.17) is 5.73 Å². The molecule has 100 valence electrons. The zero-order valence-electron chi connectivity index (χ0n) is 11.2. The number of benzene rings is 1. The van der Waals surface area contributed by atoms with Crippen molar-refractivity contribution in [2.45, 2.75) is 32.4 Å². The summed E-state index contributed by atoms with van der Waals surface area (Å²) < 4.78 is 0. The highest BCUT2D eigenvalue weighted by molar-refractivity contribution is 5.22. The summed E-state index contributed by atoms with van der Waals surface area (Å²) >= 11 is 0. The predicted molar refractivity (Wildman–Crippen MR) is 76.3 cm³/mol. The highest BCUT2D eigenvalue weighted by atomic mass is 15.1. The lowest BCUT2D eigenvalue weighted by Crippen LogP contribution is -2.29. The number of nitrogens with one attached hydrogen (secondary N) is 1. The van der Waals surface area contributed by atoms with E-state index in [-0.39, 0.29) is 0 Å². The third kappa shape index (κ3) is 4.41. The Hall–Kier alpha value is -0.900. The van der Waals surface area contributed by atoms with Gasteiger partial charge in [-0.3, -0.25) is 4.90 Å². The Kier molecular flexibility index (Phi) is 5.65. The smallest absolute Gasteiger partial charge is 0.0233 e. The molecule has 3 nitrogen and oxygen atoms in total. The molecule has 0 aromatic heterocycles. The number of nitrogens with zero attached hydrogens (tertiary/aromatic N) is 1. The fourth-order valence-electron chi connectivity index (χ4n) is 2.47. The van der Waals surface area contributed by atoms with Gasteiger partial charge in [-0.2, -0.15) is 0 Å². The van der Waals surface area contributed by atoms with E-state index in [9.17, 15) is 0 Å². The van der Waals surface area contributed by atoms with Gasteiger partial charge in [0.05, 0.1) is 0 Å². The van der Waals surface area contributed by atoms with Crippen molar-refractivity contribution in [3.63, 3.8) is 0 Å². The van der Waals surface area contributed by atoms with Crippen molar-refractivity contribution in [3.8, 4) is 0 Å². The van der Waals surface area contributed by atoms with Crippen LogP contribution in [0.4, 0.5) is 0 Å². The maximum absolute atomic E-state index is 5.45. The van der Waals surface area contributed by atoms with Crippen LogP contribution in [-0.2, 0) is 13.1 Å². The van der Waals surface area contributed by atoms with Crippen molar-refractivity contribution in [3.05, 3.63) is 35.4 Å². The lowest BCUT2D eigenvalue weighted by Gasteiger charge is -2.26. The minimum Gasteiger partial charge on any atom is -0.329 e. The Morgan fingerprint density at radius 3 is 2.33 bits per heavy atom. The molecule has 0 radical (unpaired) electrons. The van der Waals surface area contributed by atoms with Crippen LogP contribution in [0.15, 0.2) is 24.3 Å². The van der Waals surface area contributed by atoms with Gasteiger partial charge in [0.25, 0.3) is 0 Å². The number of likely N-dealkylation sites (tertiary alicyclic amines) is 1. The van der Waals surface area contributed by atoms with Gasteiger partial charge in [-0.1, -0.05) is 30.7 Å². The van der Waals surface area contributed by atoms with Crippen LogP contribution in [0, 0.1) is 0 Å². The maximum atomic E-state index is 5.45. The summed E-state index contributed by atoms with van der Waals surface area (Å²) in [5.41, 5.74) is 8.22. The first kappa shape index (κ1) is 13.5. The van der Waals surface area contributed by atoms with Gasteiger partial charge < -0.3 is 11.1 Å². The Morgan fingerprint density at radius 2 is 1.67 bits per heavy atom. The molecule has 0 aliphatic carbocycles. The van der Waals surface area contributed by atoms with Crippen LogP contribution in [0.5, 0.6) is 0 Å². The predicted octanol–water partition coefficient (Wildman–Crippen LogP) is 1.72. The summed E-state index contributed by atoms with van der Waals surface area (Å²) in [4.78, 5) is 2.56. The zero-order chi connectivity index (χ0) is 12.6. The molecule has 18 heavy (non-hydrogen) atoms. The molecule has 1 aliphatic heterocycles. The van der Waals surface area contributed by atoms with E-state index >= 15 is 0 Å². The number of nitrogens with two attached hydrogens (primary N) is 1. The Bertz CT molecular complexity index is 328. The van der Waals surface area contributed by atoms with Crippen molar-refractivity contribution >= 4 is 0 Å². The van der Waals surface area contributed by atoms with Gasteiger partial charge in [0.2, 0.25) is 0 Å². The lowest BCUT2D eigenvalue weighted by molar-refractivity contribution is 0.221. The van der Waals surface area contributed by atoms with E-state index < -0.39 is 0 Å². The fourth-order valence-corrected chi connectivity index (χ4v) is 2.47. The van der Waals surface area contributed by atoms with Gasteiger partial charge in [-0.05, 0) is 37.1 Å². The summed E-state index contributed by atoms with van der Waals surface area (Å²) in [5, 5.41) is 3.32. The van der Waals surface area contributed by atoms with E-state index in [0.717, 1.165) is 19.6 Å². The van der Waals surface area contributed by atoms with Crippen LogP contribution in [0.2, 0.25) is 0 Å². The molecular formula is C15H25N3. The monoisotopic (exact) mass is 247 g/mol. The minimum absolute atomic E-state index is 0.701. The van der Waals surface area contributed by atoms with Crippen molar-refractivity contribution in [2.24, 2.45) is 5.73 Å². The highest BCUT2D eigenvalue weighted by Gasteiger charge is 2.09. The summed E-state index contributed by atoms with van der Waals surface area (Å²) in [7, 11) is 0. The second-order valence-electron chi connectivity index (χ2n) is 5.12. The molecule has 1 saturated heterocycles. The van der Waals surface area contributed by atoms with Crippen LogP contribution >= 0.6 is 0 Å². The molecule has 0 saturated carbocycles. The Labute approximate surface area is 110 Å². The van der Waals surface area contributed by atoms with E-state index in [1.54, 1.807) is 0 Å². The molecule has 1 aliphatic rings. The molecule has 3 heteroatoms. The quantitative estimate of drug-likeness (QED) is 0.752. The third-order valence-corrected chi connectivity index (χ3v) is 3.53. The molecule has 0 unspecified atom stereocenters. The lowest BCUT2D eigenvalue weighted by atomic mass is 10.1. The molecule has 2 rings (SSSR count). The minimum atomic E-state index is 0.701. The van der Waals surface area contributed by atoms with Gasteiger partial charge in [-0.15, -0.1) is 0 Å².